The highest BCUT2D eigenvalue weighted by Crippen LogP contribution is 2.36. The molecule has 37 heavy (non-hydrogen) atoms. The lowest BCUT2D eigenvalue weighted by molar-refractivity contribution is -0.387. The SMILES string of the molecule is COc1cc(OC)cc(-c2nc(S/C(=C/c3ccc(Sc4ccccc4)c([N+](=O)[O-])c3)C(=O)O)n[nH]2)c1. The molecule has 0 aliphatic rings. The zero-order valence-electron chi connectivity index (χ0n) is 19.6. The summed E-state index contributed by atoms with van der Waals surface area (Å²) in [6.45, 7) is 0. The number of benzene rings is 3. The number of aromatic amines is 1. The second-order valence-electron chi connectivity index (χ2n) is 7.38. The molecular weight excluding hydrogens is 516 g/mol. The largest absolute Gasteiger partial charge is 0.497 e. The van der Waals surface area contributed by atoms with Crippen molar-refractivity contribution < 1.29 is 24.3 Å². The van der Waals surface area contributed by atoms with Crippen LogP contribution in [0.3, 0.4) is 0 Å². The van der Waals surface area contributed by atoms with E-state index in [1.165, 1.54) is 38.1 Å². The van der Waals surface area contributed by atoms with E-state index in [2.05, 4.69) is 15.2 Å². The molecule has 0 bridgehead atoms. The number of carboxylic acid groups (broad SMARTS) is 1. The number of H-pyrrole nitrogens is 1. The van der Waals surface area contributed by atoms with E-state index >= 15 is 0 Å². The maximum Gasteiger partial charge on any atom is 0.342 e. The van der Waals surface area contributed by atoms with Gasteiger partial charge in [0, 0.05) is 22.6 Å². The summed E-state index contributed by atoms with van der Waals surface area (Å²) >= 11 is 2.08. The Morgan fingerprint density at radius 1 is 1.05 bits per heavy atom. The Morgan fingerprint density at radius 2 is 1.76 bits per heavy atom. The van der Waals surface area contributed by atoms with Crippen LogP contribution >= 0.6 is 23.5 Å². The van der Waals surface area contributed by atoms with Gasteiger partial charge in [0.25, 0.3) is 5.69 Å². The molecule has 1 heterocycles. The second kappa shape index (κ2) is 11.6. The predicted molar refractivity (Wildman–Crippen MR) is 140 cm³/mol. The van der Waals surface area contributed by atoms with Gasteiger partial charge in [-0.15, -0.1) is 5.10 Å². The molecule has 3 aromatic carbocycles. The van der Waals surface area contributed by atoms with E-state index in [-0.39, 0.29) is 15.7 Å². The quantitative estimate of drug-likeness (QED) is 0.111. The summed E-state index contributed by atoms with van der Waals surface area (Å²) in [6.07, 6.45) is 1.35. The Kier molecular flexibility index (Phi) is 8.11. The van der Waals surface area contributed by atoms with Crippen molar-refractivity contribution in [1.82, 2.24) is 15.2 Å². The highest BCUT2D eigenvalue weighted by molar-refractivity contribution is 8.04. The molecule has 0 unspecified atom stereocenters. The van der Waals surface area contributed by atoms with Gasteiger partial charge in [-0.2, -0.15) is 0 Å². The fourth-order valence-electron chi connectivity index (χ4n) is 3.22. The van der Waals surface area contributed by atoms with Crippen LogP contribution in [0, 0.1) is 10.1 Å². The minimum atomic E-state index is -1.22. The molecule has 0 fully saturated rings. The lowest BCUT2D eigenvalue weighted by Crippen LogP contribution is -1.98. The molecule has 10 nitrogen and oxygen atoms in total. The Hall–Kier alpha value is -4.29. The van der Waals surface area contributed by atoms with Gasteiger partial charge in [0.15, 0.2) is 5.82 Å². The number of nitrogens with zero attached hydrogens (tertiary/aromatic N) is 3. The second-order valence-corrected chi connectivity index (χ2v) is 9.51. The van der Waals surface area contributed by atoms with Crippen molar-refractivity contribution in [2.75, 3.05) is 14.2 Å². The van der Waals surface area contributed by atoms with Crippen LogP contribution in [0.1, 0.15) is 5.56 Å². The van der Waals surface area contributed by atoms with Gasteiger partial charge in [-0.05, 0) is 53.7 Å². The van der Waals surface area contributed by atoms with Gasteiger partial charge in [-0.1, -0.05) is 36.0 Å². The zero-order chi connectivity index (χ0) is 26.4. The van der Waals surface area contributed by atoms with Crippen LogP contribution in [0.25, 0.3) is 17.5 Å². The van der Waals surface area contributed by atoms with E-state index < -0.39 is 10.9 Å². The molecule has 0 saturated carbocycles. The van der Waals surface area contributed by atoms with Crippen LogP contribution < -0.4 is 9.47 Å². The first kappa shape index (κ1) is 25.8. The van der Waals surface area contributed by atoms with E-state index in [9.17, 15) is 20.0 Å². The summed E-state index contributed by atoms with van der Waals surface area (Å²) in [5, 5.41) is 28.5. The number of hydrogen-bond donors (Lipinski definition) is 2. The summed E-state index contributed by atoms with van der Waals surface area (Å²) in [4.78, 5) is 28.7. The Balaban J connectivity index is 1.60. The van der Waals surface area contributed by atoms with Gasteiger partial charge in [-0.25, -0.2) is 9.78 Å². The minimum absolute atomic E-state index is 0.105. The molecule has 0 aliphatic heterocycles. The minimum Gasteiger partial charge on any atom is -0.497 e. The van der Waals surface area contributed by atoms with Crippen molar-refractivity contribution in [2.24, 2.45) is 0 Å². The Labute approximate surface area is 219 Å². The van der Waals surface area contributed by atoms with Crippen molar-refractivity contribution in [3.8, 4) is 22.9 Å². The molecule has 2 N–H and O–H groups in total. The number of thioether (sulfide) groups is 1. The predicted octanol–water partition coefficient (Wildman–Crippen LogP) is 5.77. The summed E-state index contributed by atoms with van der Waals surface area (Å²) in [6, 6.07) is 19.0. The van der Waals surface area contributed by atoms with Crippen LogP contribution in [0.5, 0.6) is 11.5 Å². The standard InChI is InChI=1S/C25H20N4O6S2/c1-34-17-12-16(13-18(14-17)35-2)23-26-25(28-27-23)37-22(24(30)31)11-15-8-9-21(20(10-15)29(32)33)36-19-6-4-3-5-7-19/h3-14H,1-2H3,(H,30,31)(H,26,27,28)/b22-11+. The van der Waals surface area contributed by atoms with Gasteiger partial charge in [0.2, 0.25) is 5.16 Å². The molecule has 188 valence electrons. The molecule has 4 rings (SSSR count). The number of rotatable bonds is 10. The summed E-state index contributed by atoms with van der Waals surface area (Å²) in [5.74, 6) is 0.287. The monoisotopic (exact) mass is 536 g/mol. The van der Waals surface area contributed by atoms with E-state index in [1.54, 1.807) is 30.3 Å². The number of carbonyl (C=O) groups is 1. The number of aromatic nitrogens is 3. The van der Waals surface area contributed by atoms with E-state index in [4.69, 9.17) is 9.47 Å². The first-order valence-electron chi connectivity index (χ1n) is 10.7. The van der Waals surface area contributed by atoms with Crippen LogP contribution in [-0.4, -0.2) is 45.4 Å². The fourth-order valence-corrected chi connectivity index (χ4v) is 4.85. The van der Waals surface area contributed by atoms with Crippen molar-refractivity contribution >= 4 is 41.3 Å². The molecular formula is C25H20N4O6S2. The Bertz CT molecular complexity index is 1450. The van der Waals surface area contributed by atoms with Gasteiger partial charge >= 0.3 is 5.97 Å². The number of methoxy groups -OCH3 is 2. The highest BCUT2D eigenvalue weighted by Gasteiger charge is 2.18. The molecule has 0 atom stereocenters. The summed E-state index contributed by atoms with van der Waals surface area (Å²) < 4.78 is 10.5. The molecule has 0 spiro atoms. The maximum atomic E-state index is 12.0. The first-order chi connectivity index (χ1) is 17.9. The lowest BCUT2D eigenvalue weighted by Gasteiger charge is -2.06. The van der Waals surface area contributed by atoms with Crippen molar-refractivity contribution in [1.29, 1.82) is 0 Å². The van der Waals surface area contributed by atoms with Crippen LogP contribution in [-0.2, 0) is 4.79 Å². The van der Waals surface area contributed by atoms with E-state index in [0.29, 0.717) is 33.3 Å². The normalized spacial score (nSPS) is 11.2. The van der Waals surface area contributed by atoms with Gasteiger partial charge in [0.05, 0.1) is 24.0 Å². The van der Waals surface area contributed by atoms with Gasteiger partial charge in [-0.3, -0.25) is 15.2 Å². The van der Waals surface area contributed by atoms with E-state index in [1.807, 2.05) is 30.3 Å². The number of ether oxygens (including phenoxy) is 2. The van der Waals surface area contributed by atoms with Crippen LogP contribution in [0.4, 0.5) is 5.69 Å². The number of nitro groups is 1. The number of carboxylic acids is 1. The fraction of sp³-hybridized carbons (Fsp3) is 0.0800. The van der Waals surface area contributed by atoms with Crippen molar-refractivity contribution in [3.05, 3.63) is 87.3 Å². The summed E-state index contributed by atoms with van der Waals surface area (Å²) in [5.41, 5.74) is 0.880. The number of aliphatic carboxylic acids is 1. The highest BCUT2D eigenvalue weighted by atomic mass is 32.2. The molecule has 1 aromatic heterocycles. The van der Waals surface area contributed by atoms with Crippen LogP contribution in [0.15, 0.2) is 86.6 Å². The van der Waals surface area contributed by atoms with Crippen LogP contribution in [0.2, 0.25) is 0 Å². The molecule has 0 aliphatic carbocycles. The average molecular weight is 537 g/mol. The Morgan fingerprint density at radius 3 is 2.38 bits per heavy atom. The molecule has 0 radical (unpaired) electrons. The topological polar surface area (TPSA) is 140 Å². The molecule has 4 aromatic rings. The van der Waals surface area contributed by atoms with Gasteiger partial charge < -0.3 is 14.6 Å². The zero-order valence-corrected chi connectivity index (χ0v) is 21.2. The molecule has 12 heteroatoms. The number of nitrogens with one attached hydrogen (secondary N) is 1. The first-order valence-corrected chi connectivity index (χ1v) is 12.3. The molecule has 0 amide bonds. The van der Waals surface area contributed by atoms with Gasteiger partial charge in [0.1, 0.15) is 16.4 Å². The number of hydrogen-bond acceptors (Lipinski definition) is 9. The third-order valence-corrected chi connectivity index (χ3v) is 6.90. The van der Waals surface area contributed by atoms with Crippen molar-refractivity contribution in [2.45, 2.75) is 14.9 Å². The third kappa shape index (κ3) is 6.48. The third-order valence-electron chi connectivity index (χ3n) is 4.95. The lowest BCUT2D eigenvalue weighted by atomic mass is 10.2. The number of nitro benzene ring substituents is 1. The maximum absolute atomic E-state index is 12.0. The van der Waals surface area contributed by atoms with E-state index in [0.717, 1.165) is 16.7 Å². The average Bonchev–Trinajstić information content (AvgIpc) is 3.38. The van der Waals surface area contributed by atoms with Crippen molar-refractivity contribution in [3.63, 3.8) is 0 Å². The molecule has 0 saturated heterocycles. The summed E-state index contributed by atoms with van der Waals surface area (Å²) in [7, 11) is 3.06. The smallest absolute Gasteiger partial charge is 0.342 e.